The molecule has 3 aromatic rings. The molecule has 3 aromatic carbocycles. The van der Waals surface area contributed by atoms with Crippen molar-refractivity contribution in [3.8, 4) is 5.75 Å². The number of phenols is 1. The highest BCUT2D eigenvalue weighted by molar-refractivity contribution is 9.09. The van der Waals surface area contributed by atoms with Crippen LogP contribution in [0.3, 0.4) is 0 Å². The van der Waals surface area contributed by atoms with Gasteiger partial charge in [0.25, 0.3) is 11.8 Å². The summed E-state index contributed by atoms with van der Waals surface area (Å²) in [5.41, 5.74) is 2.53. The summed E-state index contributed by atoms with van der Waals surface area (Å²) in [4.78, 5) is 57.9. The number of rotatable bonds is 5. The van der Waals surface area contributed by atoms with Crippen molar-refractivity contribution in [1.29, 1.82) is 0 Å². The normalized spacial score (nSPS) is 32.4. The lowest BCUT2D eigenvalue weighted by Crippen LogP contribution is -2.60. The first-order valence-corrected chi connectivity index (χ1v) is 18.3. The van der Waals surface area contributed by atoms with Gasteiger partial charge in [0.05, 0.1) is 17.3 Å². The highest BCUT2D eigenvalue weighted by atomic mass is 79.9. The van der Waals surface area contributed by atoms with Crippen molar-refractivity contribution in [3.05, 3.63) is 89.5 Å². The number of fused-ring (bicyclic) bond motifs is 5. The van der Waals surface area contributed by atoms with E-state index in [1.165, 1.54) is 10.5 Å². The number of benzene rings is 3. The second-order valence-electron chi connectivity index (χ2n) is 13.7. The lowest BCUT2D eigenvalue weighted by molar-refractivity contribution is -0.144. The van der Waals surface area contributed by atoms with Crippen LogP contribution in [0.15, 0.2) is 78.4 Å². The molecule has 8 nitrogen and oxygen atoms in total. The molecule has 3 heterocycles. The first-order chi connectivity index (χ1) is 23.1. The maximum atomic E-state index is 14.5. The average molecular weight is 752 g/mol. The van der Waals surface area contributed by atoms with Crippen LogP contribution in [0.2, 0.25) is 0 Å². The quantitative estimate of drug-likeness (QED) is 0.151. The molecule has 0 bridgehead atoms. The van der Waals surface area contributed by atoms with Crippen molar-refractivity contribution in [3.63, 3.8) is 0 Å². The van der Waals surface area contributed by atoms with Gasteiger partial charge in [-0.25, -0.2) is 0 Å². The number of amides is 4. The molecule has 0 spiro atoms. The summed E-state index contributed by atoms with van der Waals surface area (Å²) in [7, 11) is 0. The fourth-order valence-electron chi connectivity index (χ4n) is 9.22. The van der Waals surface area contributed by atoms with Crippen LogP contribution >= 0.6 is 39.1 Å². The largest absolute Gasteiger partial charge is 0.507 e. The average Bonchev–Trinajstić information content (AvgIpc) is 3.43. The molecule has 11 heteroatoms. The van der Waals surface area contributed by atoms with Crippen LogP contribution < -0.4 is 0 Å². The van der Waals surface area contributed by atoms with Crippen molar-refractivity contribution in [2.45, 2.75) is 53.9 Å². The molecule has 1 saturated carbocycles. The third kappa shape index (κ3) is 4.43. The van der Waals surface area contributed by atoms with E-state index >= 15 is 0 Å². The molecule has 3 aliphatic heterocycles. The van der Waals surface area contributed by atoms with Gasteiger partial charge in [-0.1, -0.05) is 88.2 Å². The fourth-order valence-corrected chi connectivity index (χ4v) is 10.6. The molecule has 6 atom stereocenters. The number of halogens is 3. The topological polar surface area (TPSA) is 98.2 Å². The summed E-state index contributed by atoms with van der Waals surface area (Å²) in [5.74, 6) is -4.33. The number of allylic oxidation sites excluding steroid dienone is 2. The Morgan fingerprint density at radius 3 is 2.23 bits per heavy atom. The van der Waals surface area contributed by atoms with Gasteiger partial charge in [-0.3, -0.25) is 33.9 Å². The molecule has 4 fully saturated rings. The van der Waals surface area contributed by atoms with E-state index in [0.29, 0.717) is 35.6 Å². The molecule has 0 aromatic heterocycles. The van der Waals surface area contributed by atoms with Crippen molar-refractivity contribution in [1.82, 2.24) is 14.7 Å². The lowest BCUT2D eigenvalue weighted by atomic mass is 9.56. The third-order valence-corrected chi connectivity index (χ3v) is 13.4. The van der Waals surface area contributed by atoms with Crippen molar-refractivity contribution in [2.75, 3.05) is 18.5 Å². The maximum absolute atomic E-state index is 14.5. The monoisotopic (exact) mass is 749 g/mol. The number of likely N-dealkylation sites (tertiary alicyclic amines) is 3. The number of aromatic hydroxyl groups is 1. The van der Waals surface area contributed by atoms with E-state index in [1.807, 2.05) is 42.5 Å². The number of nitrogens with zero attached hydrogens (tertiary/aromatic N) is 3. The summed E-state index contributed by atoms with van der Waals surface area (Å²) in [6, 6.07) is 20.6. The molecular weight excluding hydrogens is 717 g/mol. The summed E-state index contributed by atoms with van der Waals surface area (Å²) in [5, 5.41) is 12.0. The van der Waals surface area contributed by atoms with Crippen LogP contribution in [-0.2, 0) is 25.7 Å². The minimum atomic E-state index is -1.90. The molecule has 1 N–H and O–H groups in total. The number of carbonyl (C=O) groups is 4. The summed E-state index contributed by atoms with van der Waals surface area (Å²) in [6.07, 6.45) is 3.62. The number of hydrogen-bond acceptors (Lipinski definition) is 6. The Kier molecular flexibility index (Phi) is 7.79. The van der Waals surface area contributed by atoms with Gasteiger partial charge in [0.15, 0.2) is 9.75 Å². The maximum Gasteiger partial charge on any atom is 0.254 e. The van der Waals surface area contributed by atoms with E-state index in [-0.39, 0.29) is 35.5 Å². The second-order valence-corrected chi connectivity index (χ2v) is 15.5. The number of carbonyl (C=O) groups excluding carboxylic acids is 4. The fraction of sp³-hybridized carbons (Fsp3) is 0.405. The first kappa shape index (κ1) is 32.0. The molecule has 2 aliphatic carbocycles. The van der Waals surface area contributed by atoms with Gasteiger partial charge in [-0.15, -0.1) is 23.2 Å². The van der Waals surface area contributed by atoms with Gasteiger partial charge in [0, 0.05) is 37.0 Å². The second kappa shape index (κ2) is 11.7. The zero-order chi connectivity index (χ0) is 33.5. The minimum Gasteiger partial charge on any atom is -0.507 e. The van der Waals surface area contributed by atoms with Gasteiger partial charge in [0.1, 0.15) is 5.75 Å². The summed E-state index contributed by atoms with van der Waals surface area (Å²) >= 11 is 18.1. The molecule has 8 rings (SSSR count). The van der Waals surface area contributed by atoms with E-state index in [9.17, 15) is 24.3 Å². The number of alkyl halides is 3. The van der Waals surface area contributed by atoms with Gasteiger partial charge in [-0.05, 0) is 54.2 Å². The zero-order valence-corrected chi connectivity index (χ0v) is 29.1. The van der Waals surface area contributed by atoms with E-state index in [0.717, 1.165) is 30.1 Å². The third-order valence-electron chi connectivity index (χ3n) is 11.5. The number of phenolic OH excluding ortho intramolecular Hbond substituents is 1. The van der Waals surface area contributed by atoms with Crippen LogP contribution in [0, 0.1) is 17.8 Å². The Bertz CT molecular complexity index is 1900. The predicted octanol–water partition coefficient (Wildman–Crippen LogP) is 5.92. The number of piperidine rings is 1. The van der Waals surface area contributed by atoms with Crippen molar-refractivity contribution in [2.24, 2.45) is 17.8 Å². The Morgan fingerprint density at radius 2 is 1.52 bits per heavy atom. The Morgan fingerprint density at radius 1 is 0.833 bits per heavy atom. The number of imide groups is 2. The smallest absolute Gasteiger partial charge is 0.254 e. The summed E-state index contributed by atoms with van der Waals surface area (Å²) < 4.78 is 0. The molecule has 248 valence electrons. The van der Waals surface area contributed by atoms with Gasteiger partial charge in [-0.2, -0.15) is 0 Å². The van der Waals surface area contributed by atoms with Gasteiger partial charge < -0.3 is 5.11 Å². The lowest BCUT2D eigenvalue weighted by Gasteiger charge is -2.51. The first-order valence-electron chi connectivity index (χ1n) is 16.4. The van der Waals surface area contributed by atoms with Gasteiger partial charge >= 0.3 is 0 Å². The molecule has 0 radical (unpaired) electrons. The highest BCUT2D eigenvalue weighted by Crippen LogP contribution is 2.66. The van der Waals surface area contributed by atoms with E-state index in [4.69, 9.17) is 23.2 Å². The van der Waals surface area contributed by atoms with E-state index in [2.05, 4.69) is 33.0 Å². The van der Waals surface area contributed by atoms with Crippen LogP contribution in [0.5, 0.6) is 5.75 Å². The van der Waals surface area contributed by atoms with Crippen LogP contribution in [0.1, 0.15) is 42.7 Å². The zero-order valence-electron chi connectivity index (χ0n) is 26.0. The molecule has 6 unspecified atom stereocenters. The van der Waals surface area contributed by atoms with E-state index < -0.39 is 45.2 Å². The minimum absolute atomic E-state index is 0.0476. The highest BCUT2D eigenvalue weighted by Gasteiger charge is 2.76. The SMILES string of the molecule is O=C1C2CC=C3C(CC4(Cl)C(=O)N(CBr)C(=O)C4(Cl)C3c3ccc(O)c4ccccc34)C2C(=O)N1C1CCN(Cc2ccccc2)CC1. The van der Waals surface area contributed by atoms with Crippen LogP contribution in [-0.4, -0.2) is 77.8 Å². The molecule has 48 heavy (non-hydrogen) atoms. The molecule has 4 amide bonds. The molecule has 3 saturated heterocycles. The Hall–Kier alpha value is -3.24. The molecule has 5 aliphatic rings. The van der Waals surface area contributed by atoms with Crippen molar-refractivity contribution < 1.29 is 24.3 Å². The Balaban J connectivity index is 1.16. The number of hydrogen-bond donors (Lipinski definition) is 1. The van der Waals surface area contributed by atoms with Crippen LogP contribution in [0.25, 0.3) is 10.8 Å². The van der Waals surface area contributed by atoms with Crippen molar-refractivity contribution >= 4 is 73.5 Å². The predicted molar refractivity (Wildman–Crippen MR) is 186 cm³/mol. The Labute approximate surface area is 296 Å². The summed E-state index contributed by atoms with van der Waals surface area (Å²) in [6.45, 7) is 2.36. The van der Waals surface area contributed by atoms with E-state index in [1.54, 1.807) is 18.2 Å². The standard InChI is InChI=1S/C37H34BrCl2N3O5/c38-20-42-34(47)36(39)18-28-26(31(37(36,40)35(42)48)25-12-13-29(44)24-9-5-4-8-23(24)25)10-11-27-30(28)33(46)43(32(27)45)22-14-16-41(17-15-22)19-21-6-2-1-3-7-21/h1-10,12-13,22,27-28,30-31,44H,11,14-20H2. The van der Waals surface area contributed by atoms with Gasteiger partial charge in [0.2, 0.25) is 11.8 Å². The molecular formula is C37H34BrCl2N3O5. The van der Waals surface area contributed by atoms with Crippen LogP contribution in [0.4, 0.5) is 0 Å².